The smallest absolute Gasteiger partial charge is 0.328 e. The molecule has 0 spiro atoms. The summed E-state index contributed by atoms with van der Waals surface area (Å²) in [6.07, 6.45) is 0.362. The summed E-state index contributed by atoms with van der Waals surface area (Å²) in [7, 11) is 3.06. The van der Waals surface area contributed by atoms with Crippen molar-refractivity contribution in [1.82, 2.24) is 0 Å². The van der Waals surface area contributed by atoms with Crippen molar-refractivity contribution in [3.8, 4) is 11.5 Å². The Balaban J connectivity index is 1.24. The number of esters is 1. The molecule has 5 rings (SSSR count). The second kappa shape index (κ2) is 16.1. The highest BCUT2D eigenvalue weighted by Crippen LogP contribution is 2.25. The van der Waals surface area contributed by atoms with E-state index in [1.807, 2.05) is 72.8 Å². The number of hydrogen-bond acceptors (Lipinski definition) is 7. The SMILES string of the molecule is COC(=O)[C@H](Cc1ccc(OCCN(Cc2ccccc2OC)c2cccc(C)c2)cc1)Nc1ccccc1C(=O)c1ccccc1. The predicted molar refractivity (Wildman–Crippen MR) is 187 cm³/mol. The number of ether oxygens (including phenoxy) is 3. The first-order chi connectivity index (χ1) is 22.9. The van der Waals surface area contributed by atoms with Crippen LogP contribution in [-0.4, -0.2) is 45.2 Å². The number of ketones is 1. The molecule has 0 radical (unpaired) electrons. The van der Waals surface area contributed by atoms with Crippen LogP contribution < -0.4 is 19.7 Å². The molecule has 0 aliphatic carbocycles. The molecule has 1 N–H and O–H groups in total. The van der Waals surface area contributed by atoms with Gasteiger partial charge in [-0.25, -0.2) is 4.79 Å². The van der Waals surface area contributed by atoms with Crippen molar-refractivity contribution < 1.29 is 23.8 Å². The molecule has 0 aromatic heterocycles. The minimum Gasteiger partial charge on any atom is -0.496 e. The summed E-state index contributed by atoms with van der Waals surface area (Å²) >= 11 is 0. The van der Waals surface area contributed by atoms with Gasteiger partial charge in [0, 0.05) is 41.0 Å². The van der Waals surface area contributed by atoms with Crippen LogP contribution in [0.25, 0.3) is 0 Å². The number of para-hydroxylation sites is 2. The Kier molecular flexibility index (Phi) is 11.3. The van der Waals surface area contributed by atoms with E-state index in [4.69, 9.17) is 14.2 Å². The summed E-state index contributed by atoms with van der Waals surface area (Å²) in [6, 6.07) is 39.8. The highest BCUT2D eigenvalue weighted by atomic mass is 16.5. The predicted octanol–water partition coefficient (Wildman–Crippen LogP) is 7.52. The van der Waals surface area contributed by atoms with E-state index >= 15 is 0 Å². The molecular formula is C40H40N2O5. The number of anilines is 2. The molecule has 0 amide bonds. The van der Waals surface area contributed by atoms with E-state index in [2.05, 4.69) is 47.5 Å². The molecule has 1 atom stereocenters. The lowest BCUT2D eigenvalue weighted by atomic mass is 10.00. The van der Waals surface area contributed by atoms with Gasteiger partial charge in [0.15, 0.2) is 5.78 Å². The van der Waals surface area contributed by atoms with Crippen molar-refractivity contribution in [1.29, 1.82) is 0 Å². The number of rotatable bonds is 15. The lowest BCUT2D eigenvalue weighted by Gasteiger charge is -2.26. The number of nitrogens with one attached hydrogen (secondary N) is 1. The van der Waals surface area contributed by atoms with Gasteiger partial charge in [-0.1, -0.05) is 84.9 Å². The van der Waals surface area contributed by atoms with Crippen molar-refractivity contribution in [3.63, 3.8) is 0 Å². The number of carbonyl (C=O) groups is 2. The molecule has 0 saturated carbocycles. The maximum Gasteiger partial charge on any atom is 0.328 e. The quantitative estimate of drug-likeness (QED) is 0.0950. The van der Waals surface area contributed by atoms with Crippen molar-refractivity contribution in [3.05, 3.63) is 155 Å². The largest absolute Gasteiger partial charge is 0.496 e. The first kappa shape index (κ1) is 32.8. The Hall–Kier alpha value is -5.56. The van der Waals surface area contributed by atoms with Gasteiger partial charge in [0.2, 0.25) is 0 Å². The monoisotopic (exact) mass is 628 g/mol. The number of methoxy groups -OCH3 is 2. The zero-order valence-corrected chi connectivity index (χ0v) is 27.0. The Bertz CT molecular complexity index is 1770. The van der Waals surface area contributed by atoms with Gasteiger partial charge in [0.05, 0.1) is 20.8 Å². The second-order valence-electron chi connectivity index (χ2n) is 11.2. The van der Waals surface area contributed by atoms with Gasteiger partial charge in [-0.15, -0.1) is 0 Å². The number of carbonyl (C=O) groups excluding carboxylic acids is 2. The molecule has 0 fully saturated rings. The average Bonchev–Trinajstić information content (AvgIpc) is 3.11. The van der Waals surface area contributed by atoms with E-state index in [-0.39, 0.29) is 5.78 Å². The molecule has 0 bridgehead atoms. The lowest BCUT2D eigenvalue weighted by molar-refractivity contribution is -0.141. The summed E-state index contributed by atoms with van der Waals surface area (Å²) in [5.74, 6) is 1.05. The van der Waals surface area contributed by atoms with Crippen molar-refractivity contribution in [2.24, 2.45) is 0 Å². The zero-order chi connectivity index (χ0) is 33.0. The van der Waals surface area contributed by atoms with Crippen LogP contribution in [0.4, 0.5) is 11.4 Å². The normalized spacial score (nSPS) is 11.3. The van der Waals surface area contributed by atoms with E-state index in [1.54, 1.807) is 31.4 Å². The third-order valence-electron chi connectivity index (χ3n) is 7.94. The lowest BCUT2D eigenvalue weighted by Crippen LogP contribution is -2.33. The fourth-order valence-corrected chi connectivity index (χ4v) is 5.47. The van der Waals surface area contributed by atoms with Gasteiger partial charge in [-0.05, 0) is 60.5 Å². The minimum absolute atomic E-state index is 0.123. The molecule has 0 heterocycles. The molecule has 7 nitrogen and oxygen atoms in total. The minimum atomic E-state index is -0.700. The summed E-state index contributed by atoms with van der Waals surface area (Å²) in [5, 5.41) is 3.27. The molecule has 47 heavy (non-hydrogen) atoms. The molecule has 0 aliphatic rings. The zero-order valence-electron chi connectivity index (χ0n) is 27.0. The topological polar surface area (TPSA) is 77.1 Å². The highest BCUT2D eigenvalue weighted by Gasteiger charge is 2.23. The van der Waals surface area contributed by atoms with E-state index in [0.29, 0.717) is 42.9 Å². The fourth-order valence-electron chi connectivity index (χ4n) is 5.47. The number of nitrogens with zero attached hydrogens (tertiary/aromatic N) is 1. The highest BCUT2D eigenvalue weighted by molar-refractivity contribution is 6.12. The first-order valence-corrected chi connectivity index (χ1v) is 15.6. The van der Waals surface area contributed by atoms with E-state index in [9.17, 15) is 9.59 Å². The van der Waals surface area contributed by atoms with Crippen molar-refractivity contribution in [2.75, 3.05) is 37.6 Å². The Labute approximate surface area is 276 Å². The molecule has 5 aromatic rings. The van der Waals surface area contributed by atoms with Gasteiger partial charge in [0.25, 0.3) is 0 Å². The molecule has 240 valence electrons. The van der Waals surface area contributed by atoms with E-state index < -0.39 is 12.0 Å². The van der Waals surface area contributed by atoms with Crippen molar-refractivity contribution >= 4 is 23.1 Å². The molecule has 5 aromatic carbocycles. The number of benzene rings is 5. The maximum atomic E-state index is 13.2. The van der Waals surface area contributed by atoms with E-state index in [0.717, 1.165) is 28.3 Å². The van der Waals surface area contributed by atoms with Gasteiger partial charge < -0.3 is 24.4 Å². The van der Waals surface area contributed by atoms with Crippen LogP contribution in [0.1, 0.15) is 32.6 Å². The van der Waals surface area contributed by atoms with Crippen LogP contribution in [0.15, 0.2) is 127 Å². The summed E-state index contributed by atoms with van der Waals surface area (Å²) in [5.41, 5.74) is 5.96. The van der Waals surface area contributed by atoms with Crippen LogP contribution in [0.3, 0.4) is 0 Å². The van der Waals surface area contributed by atoms with Crippen LogP contribution in [-0.2, 0) is 22.5 Å². The fraction of sp³-hybridized carbons (Fsp3) is 0.200. The van der Waals surface area contributed by atoms with Crippen LogP contribution in [0.2, 0.25) is 0 Å². The third-order valence-corrected chi connectivity index (χ3v) is 7.94. The Morgan fingerprint density at radius 3 is 2.26 bits per heavy atom. The molecule has 0 aliphatic heterocycles. The molecule has 7 heteroatoms. The van der Waals surface area contributed by atoms with Gasteiger partial charge >= 0.3 is 5.97 Å². The van der Waals surface area contributed by atoms with Gasteiger partial charge in [-0.2, -0.15) is 0 Å². The Morgan fingerprint density at radius 2 is 1.51 bits per heavy atom. The van der Waals surface area contributed by atoms with Crippen molar-refractivity contribution in [2.45, 2.75) is 25.9 Å². The third kappa shape index (κ3) is 8.79. The summed E-state index contributed by atoms with van der Waals surface area (Å²) in [4.78, 5) is 28.4. The van der Waals surface area contributed by atoms with Gasteiger partial charge in [-0.3, -0.25) is 4.79 Å². The van der Waals surface area contributed by atoms with E-state index in [1.165, 1.54) is 12.7 Å². The second-order valence-corrected chi connectivity index (χ2v) is 11.2. The van der Waals surface area contributed by atoms with Gasteiger partial charge in [0.1, 0.15) is 24.1 Å². The number of aryl methyl sites for hydroxylation is 1. The number of hydrogen-bond donors (Lipinski definition) is 1. The average molecular weight is 629 g/mol. The first-order valence-electron chi connectivity index (χ1n) is 15.6. The summed E-state index contributed by atoms with van der Waals surface area (Å²) < 4.78 is 16.9. The summed E-state index contributed by atoms with van der Waals surface area (Å²) in [6.45, 7) is 3.91. The standard InChI is InChI=1S/C40H40N2O5/c1-29-12-11-16-33(26-29)42(28-32-15-7-10-19-38(32)45-2)24-25-47-34-22-20-30(21-23-34)27-37(40(44)46-3)41-36-18-9-8-17-35(36)39(43)31-13-5-4-6-14-31/h4-23,26,37,41H,24-25,27-28H2,1-3H3/t37-/m0/s1. The van der Waals surface area contributed by atoms with Crippen LogP contribution >= 0.6 is 0 Å². The molecule has 0 saturated heterocycles. The van der Waals surface area contributed by atoms with Crippen LogP contribution in [0, 0.1) is 6.92 Å². The Morgan fingerprint density at radius 1 is 0.787 bits per heavy atom. The maximum absolute atomic E-state index is 13.2. The molecule has 0 unspecified atom stereocenters. The van der Waals surface area contributed by atoms with Crippen LogP contribution in [0.5, 0.6) is 11.5 Å². The molecular weight excluding hydrogens is 588 g/mol.